The lowest BCUT2D eigenvalue weighted by Crippen LogP contribution is -2.26. The summed E-state index contributed by atoms with van der Waals surface area (Å²) in [5.74, 6) is -0.899. The number of hydrogen-bond donors (Lipinski definition) is 2. The maximum Gasteiger partial charge on any atom is 0.252 e. The number of nitrogens with one attached hydrogen (secondary N) is 1. The van der Waals surface area contributed by atoms with Gasteiger partial charge in [0.2, 0.25) is 5.91 Å². The standard InChI is InChI=1S/C12H14N2O2/c1-2-3-8-14-12(16)10-7-5-4-6-9(10)11(13)15/h2-7H,8H2,1H3,(H2,13,15)(H,14,16). The van der Waals surface area contributed by atoms with Crippen LogP contribution in [0, 0.1) is 0 Å². The molecule has 0 aromatic heterocycles. The molecule has 1 aromatic rings. The topological polar surface area (TPSA) is 72.2 Å². The second kappa shape index (κ2) is 5.70. The highest BCUT2D eigenvalue weighted by atomic mass is 16.2. The van der Waals surface area contributed by atoms with Gasteiger partial charge in [0.05, 0.1) is 11.1 Å². The second-order valence-electron chi connectivity index (χ2n) is 3.19. The average Bonchev–Trinajstić information content (AvgIpc) is 2.29. The molecule has 0 unspecified atom stereocenters. The Morgan fingerprint density at radius 1 is 1.31 bits per heavy atom. The Morgan fingerprint density at radius 3 is 2.50 bits per heavy atom. The van der Waals surface area contributed by atoms with Gasteiger partial charge in [-0.05, 0) is 19.1 Å². The number of rotatable bonds is 4. The van der Waals surface area contributed by atoms with Gasteiger partial charge < -0.3 is 11.1 Å². The van der Waals surface area contributed by atoms with Gasteiger partial charge in [0.15, 0.2) is 0 Å². The van der Waals surface area contributed by atoms with E-state index in [1.54, 1.807) is 18.2 Å². The molecule has 0 spiro atoms. The summed E-state index contributed by atoms with van der Waals surface area (Å²) >= 11 is 0. The van der Waals surface area contributed by atoms with Gasteiger partial charge in [-0.15, -0.1) is 0 Å². The summed E-state index contributed by atoms with van der Waals surface area (Å²) in [6.45, 7) is 2.30. The zero-order chi connectivity index (χ0) is 12.0. The van der Waals surface area contributed by atoms with E-state index >= 15 is 0 Å². The van der Waals surface area contributed by atoms with Crippen LogP contribution in [-0.4, -0.2) is 18.4 Å². The molecule has 0 atom stereocenters. The first-order valence-electron chi connectivity index (χ1n) is 4.95. The molecule has 0 aliphatic carbocycles. The molecule has 0 aliphatic rings. The number of benzene rings is 1. The van der Waals surface area contributed by atoms with Crippen LogP contribution in [0.3, 0.4) is 0 Å². The first kappa shape index (κ1) is 12.0. The van der Waals surface area contributed by atoms with Crippen LogP contribution >= 0.6 is 0 Å². The van der Waals surface area contributed by atoms with E-state index in [2.05, 4.69) is 5.32 Å². The van der Waals surface area contributed by atoms with Gasteiger partial charge in [0.1, 0.15) is 0 Å². The fourth-order valence-electron chi connectivity index (χ4n) is 1.26. The monoisotopic (exact) mass is 218 g/mol. The van der Waals surface area contributed by atoms with Gasteiger partial charge >= 0.3 is 0 Å². The molecule has 0 saturated heterocycles. The Hall–Kier alpha value is -2.10. The first-order valence-corrected chi connectivity index (χ1v) is 4.95. The van der Waals surface area contributed by atoms with Crippen molar-refractivity contribution < 1.29 is 9.59 Å². The molecule has 4 heteroatoms. The molecule has 1 rings (SSSR count). The molecule has 3 N–H and O–H groups in total. The van der Waals surface area contributed by atoms with Gasteiger partial charge in [-0.3, -0.25) is 9.59 Å². The SMILES string of the molecule is CC=CCNC(=O)c1ccccc1C(N)=O. The lowest BCUT2D eigenvalue weighted by Gasteiger charge is -2.05. The summed E-state index contributed by atoms with van der Waals surface area (Å²) in [6.07, 6.45) is 3.64. The normalized spacial score (nSPS) is 10.3. The molecular weight excluding hydrogens is 204 g/mol. The largest absolute Gasteiger partial charge is 0.366 e. The molecular formula is C12H14N2O2. The van der Waals surface area contributed by atoms with E-state index in [1.807, 2.05) is 19.1 Å². The summed E-state index contributed by atoms with van der Waals surface area (Å²) in [5, 5.41) is 2.66. The highest BCUT2D eigenvalue weighted by Gasteiger charge is 2.13. The highest BCUT2D eigenvalue weighted by molar-refractivity contribution is 6.06. The van der Waals surface area contributed by atoms with E-state index in [0.29, 0.717) is 12.1 Å². The van der Waals surface area contributed by atoms with Crippen LogP contribution < -0.4 is 11.1 Å². The van der Waals surface area contributed by atoms with E-state index in [4.69, 9.17) is 5.73 Å². The minimum absolute atomic E-state index is 0.237. The summed E-state index contributed by atoms with van der Waals surface area (Å²) in [6, 6.07) is 6.47. The lowest BCUT2D eigenvalue weighted by molar-refractivity contribution is 0.0939. The molecule has 0 heterocycles. The van der Waals surface area contributed by atoms with Gasteiger partial charge in [0.25, 0.3) is 5.91 Å². The summed E-state index contributed by atoms with van der Waals surface area (Å²) in [7, 11) is 0. The first-order chi connectivity index (χ1) is 7.66. The summed E-state index contributed by atoms with van der Waals surface area (Å²) < 4.78 is 0. The van der Waals surface area contributed by atoms with Crippen molar-refractivity contribution in [1.82, 2.24) is 5.32 Å². The molecule has 0 aliphatic heterocycles. The Labute approximate surface area is 94.1 Å². The molecule has 84 valence electrons. The molecule has 2 amide bonds. The van der Waals surface area contributed by atoms with Crippen LogP contribution in [0.5, 0.6) is 0 Å². The quantitative estimate of drug-likeness (QED) is 0.742. The van der Waals surface area contributed by atoms with E-state index in [-0.39, 0.29) is 11.5 Å². The maximum atomic E-state index is 11.7. The molecule has 16 heavy (non-hydrogen) atoms. The fraction of sp³-hybridized carbons (Fsp3) is 0.167. The van der Waals surface area contributed by atoms with Gasteiger partial charge in [0, 0.05) is 6.54 Å². The van der Waals surface area contributed by atoms with Crippen LogP contribution in [-0.2, 0) is 0 Å². The highest BCUT2D eigenvalue weighted by Crippen LogP contribution is 2.07. The molecule has 0 radical (unpaired) electrons. The average molecular weight is 218 g/mol. The number of amides is 2. The van der Waals surface area contributed by atoms with E-state index in [0.717, 1.165) is 0 Å². The van der Waals surface area contributed by atoms with Crippen molar-refractivity contribution in [1.29, 1.82) is 0 Å². The summed E-state index contributed by atoms with van der Waals surface area (Å²) in [4.78, 5) is 22.8. The third-order valence-corrected chi connectivity index (χ3v) is 2.05. The van der Waals surface area contributed by atoms with E-state index in [1.165, 1.54) is 6.07 Å². The minimum atomic E-state index is -0.600. The second-order valence-corrected chi connectivity index (χ2v) is 3.19. The maximum absolute atomic E-state index is 11.7. The van der Waals surface area contributed by atoms with Crippen molar-refractivity contribution in [3.63, 3.8) is 0 Å². The van der Waals surface area contributed by atoms with Gasteiger partial charge in [-0.2, -0.15) is 0 Å². The number of carbonyl (C=O) groups is 2. The van der Waals surface area contributed by atoms with E-state index in [9.17, 15) is 9.59 Å². The predicted octanol–water partition coefficient (Wildman–Crippen LogP) is 1.09. The molecule has 0 fully saturated rings. The zero-order valence-corrected chi connectivity index (χ0v) is 9.07. The lowest BCUT2D eigenvalue weighted by atomic mass is 10.1. The number of carbonyl (C=O) groups excluding carboxylic acids is 2. The Morgan fingerprint density at radius 2 is 1.94 bits per heavy atom. The van der Waals surface area contributed by atoms with Crippen molar-refractivity contribution in [2.75, 3.05) is 6.54 Å². The molecule has 4 nitrogen and oxygen atoms in total. The summed E-state index contributed by atoms with van der Waals surface area (Å²) in [5.41, 5.74) is 5.72. The Bertz CT molecular complexity index is 425. The molecule has 0 bridgehead atoms. The molecule has 0 saturated carbocycles. The van der Waals surface area contributed by atoms with Crippen LogP contribution in [0.4, 0.5) is 0 Å². The van der Waals surface area contributed by atoms with Crippen molar-refractivity contribution >= 4 is 11.8 Å². The Balaban J connectivity index is 2.86. The van der Waals surface area contributed by atoms with Crippen molar-refractivity contribution in [3.8, 4) is 0 Å². The van der Waals surface area contributed by atoms with E-state index < -0.39 is 5.91 Å². The van der Waals surface area contributed by atoms with Gasteiger partial charge in [-0.1, -0.05) is 24.3 Å². The predicted molar refractivity (Wildman–Crippen MR) is 62.1 cm³/mol. The van der Waals surface area contributed by atoms with Crippen LogP contribution in [0.1, 0.15) is 27.6 Å². The molecule has 1 aromatic carbocycles. The van der Waals surface area contributed by atoms with Crippen LogP contribution in [0.15, 0.2) is 36.4 Å². The third-order valence-electron chi connectivity index (χ3n) is 2.05. The zero-order valence-electron chi connectivity index (χ0n) is 9.07. The van der Waals surface area contributed by atoms with Crippen LogP contribution in [0.2, 0.25) is 0 Å². The van der Waals surface area contributed by atoms with Gasteiger partial charge in [-0.25, -0.2) is 0 Å². The van der Waals surface area contributed by atoms with Crippen LogP contribution in [0.25, 0.3) is 0 Å². The number of hydrogen-bond acceptors (Lipinski definition) is 2. The third kappa shape index (κ3) is 2.95. The van der Waals surface area contributed by atoms with Crippen molar-refractivity contribution in [2.24, 2.45) is 5.73 Å². The minimum Gasteiger partial charge on any atom is -0.366 e. The van der Waals surface area contributed by atoms with Crippen molar-refractivity contribution in [3.05, 3.63) is 47.5 Å². The number of nitrogens with two attached hydrogens (primary N) is 1. The van der Waals surface area contributed by atoms with Crippen molar-refractivity contribution in [2.45, 2.75) is 6.92 Å². The fourth-order valence-corrected chi connectivity index (χ4v) is 1.26. The smallest absolute Gasteiger partial charge is 0.252 e. The number of primary amides is 1. The number of allylic oxidation sites excluding steroid dienone is 1. The Kier molecular flexibility index (Phi) is 4.27.